The molecule has 0 spiro atoms. The monoisotopic (exact) mass is 468 g/mol. The zero-order valence-electron chi connectivity index (χ0n) is 15.9. The van der Waals surface area contributed by atoms with Crippen molar-refractivity contribution in [3.63, 3.8) is 0 Å². The topological polar surface area (TPSA) is 92.3 Å². The molecule has 0 unspecified atom stereocenters. The number of hydrogen-bond acceptors (Lipinski definition) is 6. The van der Waals surface area contributed by atoms with E-state index in [1.54, 1.807) is 6.07 Å². The number of carbonyl (C=O) groups is 1. The van der Waals surface area contributed by atoms with Crippen molar-refractivity contribution in [2.75, 3.05) is 18.9 Å². The van der Waals surface area contributed by atoms with Crippen molar-refractivity contribution in [2.24, 2.45) is 0 Å². The molecule has 11 heteroatoms. The van der Waals surface area contributed by atoms with Crippen LogP contribution in [0.1, 0.15) is 12.8 Å². The zero-order chi connectivity index (χ0) is 21.7. The molecule has 0 aliphatic carbocycles. The third kappa shape index (κ3) is 5.39. The number of aromatic nitrogens is 2. The minimum atomic E-state index is -3.74. The van der Waals surface area contributed by atoms with Crippen molar-refractivity contribution < 1.29 is 17.6 Å². The summed E-state index contributed by atoms with van der Waals surface area (Å²) >= 11 is 7.34. The summed E-state index contributed by atoms with van der Waals surface area (Å²) < 4.78 is 39.0. The van der Waals surface area contributed by atoms with Gasteiger partial charge in [0.25, 0.3) is 0 Å². The third-order valence-corrected chi connectivity index (χ3v) is 7.25. The van der Waals surface area contributed by atoms with Crippen LogP contribution >= 0.6 is 22.9 Å². The van der Waals surface area contributed by atoms with Gasteiger partial charge in [-0.25, -0.2) is 17.1 Å². The number of halogens is 2. The van der Waals surface area contributed by atoms with Crippen LogP contribution in [0.25, 0.3) is 10.6 Å². The first-order valence-corrected chi connectivity index (χ1v) is 11.5. The Balaban J connectivity index is 1.52. The average Bonchev–Trinajstić information content (AvgIpc) is 3.16. The summed E-state index contributed by atoms with van der Waals surface area (Å²) in [5.41, 5.74) is 0.727. The SMILES string of the molecule is CN(CCCC(=O)Nc1nnc(-c2ccccc2Cl)s1)S(=O)(=O)c1ccc(F)cc1. The molecule has 0 radical (unpaired) electrons. The number of amides is 1. The molecule has 0 saturated carbocycles. The molecular formula is C19H18ClFN4O3S2. The molecule has 2 aromatic carbocycles. The molecule has 3 rings (SSSR count). The lowest BCUT2D eigenvalue weighted by Gasteiger charge is -2.16. The van der Waals surface area contributed by atoms with E-state index >= 15 is 0 Å². The maximum Gasteiger partial charge on any atom is 0.242 e. The highest BCUT2D eigenvalue weighted by atomic mass is 35.5. The van der Waals surface area contributed by atoms with Crippen LogP contribution in [-0.2, 0) is 14.8 Å². The van der Waals surface area contributed by atoms with E-state index in [0.717, 1.165) is 22.0 Å². The van der Waals surface area contributed by atoms with Crippen LogP contribution in [0.2, 0.25) is 5.02 Å². The van der Waals surface area contributed by atoms with Gasteiger partial charge in [0, 0.05) is 25.6 Å². The van der Waals surface area contributed by atoms with Crippen molar-refractivity contribution >= 4 is 44.0 Å². The molecule has 1 amide bonds. The summed E-state index contributed by atoms with van der Waals surface area (Å²) in [5.74, 6) is -0.813. The van der Waals surface area contributed by atoms with Crippen molar-refractivity contribution in [1.29, 1.82) is 0 Å². The smallest absolute Gasteiger partial charge is 0.242 e. The summed E-state index contributed by atoms with van der Waals surface area (Å²) in [7, 11) is -2.33. The molecule has 30 heavy (non-hydrogen) atoms. The van der Waals surface area contributed by atoms with Gasteiger partial charge in [0.2, 0.25) is 21.1 Å². The first-order chi connectivity index (χ1) is 14.3. The van der Waals surface area contributed by atoms with Crippen molar-refractivity contribution in [3.05, 3.63) is 59.4 Å². The molecule has 3 aromatic rings. The Bertz CT molecular complexity index is 1140. The fraction of sp³-hybridized carbons (Fsp3) is 0.211. The second kappa shape index (κ2) is 9.61. The normalized spacial score (nSPS) is 11.6. The molecular weight excluding hydrogens is 451 g/mol. The molecule has 0 aliphatic rings. The fourth-order valence-electron chi connectivity index (χ4n) is 2.57. The average molecular weight is 469 g/mol. The van der Waals surface area contributed by atoms with E-state index in [2.05, 4.69) is 15.5 Å². The number of carbonyl (C=O) groups excluding carboxylic acids is 1. The van der Waals surface area contributed by atoms with Crippen LogP contribution in [0.3, 0.4) is 0 Å². The predicted molar refractivity (Wildman–Crippen MR) is 114 cm³/mol. The van der Waals surface area contributed by atoms with Crippen LogP contribution in [0, 0.1) is 5.82 Å². The van der Waals surface area contributed by atoms with Crippen LogP contribution in [-0.4, -0.2) is 42.4 Å². The van der Waals surface area contributed by atoms with Gasteiger partial charge in [-0.1, -0.05) is 41.1 Å². The lowest BCUT2D eigenvalue weighted by atomic mass is 10.2. The minimum absolute atomic E-state index is 0.00295. The van der Waals surface area contributed by atoms with Gasteiger partial charge in [0.1, 0.15) is 5.82 Å². The fourth-order valence-corrected chi connectivity index (χ4v) is 4.86. The predicted octanol–water partition coefficient (Wildman–Crippen LogP) is 4.04. The van der Waals surface area contributed by atoms with Gasteiger partial charge in [-0.2, -0.15) is 0 Å². The van der Waals surface area contributed by atoms with Gasteiger partial charge < -0.3 is 5.32 Å². The Morgan fingerprint density at radius 3 is 2.57 bits per heavy atom. The molecule has 1 N–H and O–H groups in total. The molecule has 0 bridgehead atoms. The maximum atomic E-state index is 13.0. The van der Waals surface area contributed by atoms with Gasteiger partial charge in [-0.3, -0.25) is 4.79 Å². The summed E-state index contributed by atoms with van der Waals surface area (Å²) in [5, 5.41) is 12.1. The minimum Gasteiger partial charge on any atom is -0.301 e. The van der Waals surface area contributed by atoms with Gasteiger partial charge in [-0.05, 0) is 36.8 Å². The standard InChI is InChI=1S/C19H18ClFN4O3S2/c1-25(30(27,28)14-10-8-13(21)9-11-14)12-4-7-17(26)22-19-24-23-18(29-19)15-5-2-3-6-16(15)20/h2-3,5-6,8-11H,4,7,12H2,1H3,(H,22,24,26). The Morgan fingerprint density at radius 1 is 1.17 bits per heavy atom. The molecule has 158 valence electrons. The second-order valence-corrected chi connectivity index (χ2v) is 9.75. The zero-order valence-corrected chi connectivity index (χ0v) is 18.3. The van der Waals surface area contributed by atoms with E-state index in [-0.39, 0.29) is 23.8 Å². The highest BCUT2D eigenvalue weighted by Gasteiger charge is 2.20. The number of hydrogen-bond donors (Lipinski definition) is 1. The third-order valence-electron chi connectivity index (χ3n) is 4.17. The van der Waals surface area contributed by atoms with Gasteiger partial charge in [0.05, 0.1) is 9.92 Å². The van der Waals surface area contributed by atoms with E-state index in [9.17, 15) is 17.6 Å². The van der Waals surface area contributed by atoms with Crippen LogP contribution in [0.15, 0.2) is 53.4 Å². The van der Waals surface area contributed by atoms with Crippen LogP contribution in [0.5, 0.6) is 0 Å². The molecule has 0 fully saturated rings. The molecule has 0 atom stereocenters. The highest BCUT2D eigenvalue weighted by Crippen LogP contribution is 2.31. The first kappa shape index (κ1) is 22.3. The van der Waals surface area contributed by atoms with E-state index in [1.807, 2.05) is 18.2 Å². The molecule has 1 aromatic heterocycles. The molecule has 7 nitrogen and oxygen atoms in total. The number of anilines is 1. The number of nitrogens with one attached hydrogen (secondary N) is 1. The van der Waals surface area contributed by atoms with Gasteiger partial charge >= 0.3 is 0 Å². The number of benzene rings is 2. The van der Waals surface area contributed by atoms with Crippen molar-refractivity contribution in [1.82, 2.24) is 14.5 Å². The Labute approximate surface area is 182 Å². The highest BCUT2D eigenvalue weighted by molar-refractivity contribution is 7.89. The van der Waals surface area contributed by atoms with Gasteiger partial charge in [0.15, 0.2) is 5.01 Å². The molecule has 0 aliphatic heterocycles. The van der Waals surface area contributed by atoms with E-state index < -0.39 is 15.8 Å². The number of rotatable bonds is 8. The summed E-state index contributed by atoms with van der Waals surface area (Å²) in [6.07, 6.45) is 0.406. The van der Waals surface area contributed by atoms with E-state index in [1.165, 1.54) is 30.5 Å². The lowest BCUT2D eigenvalue weighted by molar-refractivity contribution is -0.116. The number of sulfonamides is 1. The van der Waals surface area contributed by atoms with Crippen molar-refractivity contribution in [3.8, 4) is 10.6 Å². The Morgan fingerprint density at radius 2 is 1.87 bits per heavy atom. The lowest BCUT2D eigenvalue weighted by Crippen LogP contribution is -2.28. The second-order valence-electron chi connectivity index (χ2n) is 6.32. The number of nitrogens with zero attached hydrogens (tertiary/aromatic N) is 3. The summed E-state index contributed by atoms with van der Waals surface area (Å²) in [6, 6.07) is 11.8. The Kier molecular flexibility index (Phi) is 7.14. The summed E-state index contributed by atoms with van der Waals surface area (Å²) in [4.78, 5) is 12.2. The van der Waals surface area contributed by atoms with E-state index in [4.69, 9.17) is 11.6 Å². The molecule has 0 saturated heterocycles. The maximum absolute atomic E-state index is 13.0. The van der Waals surface area contributed by atoms with Crippen LogP contribution in [0.4, 0.5) is 9.52 Å². The van der Waals surface area contributed by atoms with Crippen molar-refractivity contribution in [2.45, 2.75) is 17.7 Å². The molecule has 1 heterocycles. The summed E-state index contributed by atoms with van der Waals surface area (Å²) in [6.45, 7) is 0.133. The largest absolute Gasteiger partial charge is 0.301 e. The van der Waals surface area contributed by atoms with Gasteiger partial charge in [-0.15, -0.1) is 10.2 Å². The first-order valence-electron chi connectivity index (χ1n) is 8.87. The van der Waals surface area contributed by atoms with E-state index in [0.29, 0.717) is 21.6 Å². The Hall–Kier alpha value is -2.40. The van der Waals surface area contributed by atoms with Crippen LogP contribution < -0.4 is 5.32 Å². The quantitative estimate of drug-likeness (QED) is 0.538.